The van der Waals surface area contributed by atoms with Crippen molar-refractivity contribution in [2.45, 2.75) is 31.4 Å². The van der Waals surface area contributed by atoms with Gasteiger partial charge in [-0.1, -0.05) is 0 Å². The van der Waals surface area contributed by atoms with Crippen molar-refractivity contribution in [3.8, 4) is 0 Å². The Hall–Kier alpha value is -0.210. The van der Waals surface area contributed by atoms with Crippen LogP contribution in [0.25, 0.3) is 0 Å². The maximum atomic E-state index is 11.9. The van der Waals surface area contributed by atoms with Gasteiger partial charge in [0.05, 0.1) is 18.8 Å². The maximum Gasteiger partial charge on any atom is 0.279 e. The minimum absolute atomic E-state index is 0.136. The van der Waals surface area contributed by atoms with Crippen molar-refractivity contribution in [3.05, 3.63) is 0 Å². The summed E-state index contributed by atoms with van der Waals surface area (Å²) in [6.45, 7) is 3.41. The van der Waals surface area contributed by atoms with E-state index in [4.69, 9.17) is 4.74 Å². The van der Waals surface area contributed by atoms with Crippen molar-refractivity contribution in [1.82, 2.24) is 9.03 Å². The molecule has 2 N–H and O–H groups in total. The van der Waals surface area contributed by atoms with E-state index < -0.39 is 15.8 Å². The van der Waals surface area contributed by atoms with Gasteiger partial charge in [0.1, 0.15) is 0 Å². The average molecular weight is 250 g/mol. The third-order valence-corrected chi connectivity index (χ3v) is 4.67. The lowest BCUT2D eigenvalue weighted by Gasteiger charge is -2.41. The summed E-state index contributed by atoms with van der Waals surface area (Å²) in [7, 11) is -3.40. The molecule has 0 spiro atoms. The first-order valence-electron chi connectivity index (χ1n) is 5.47. The number of ether oxygens (including phenoxy) is 1. The van der Waals surface area contributed by atoms with Crippen LogP contribution in [0.5, 0.6) is 0 Å². The highest BCUT2D eigenvalue weighted by molar-refractivity contribution is 7.87. The van der Waals surface area contributed by atoms with E-state index in [1.165, 1.54) is 4.31 Å². The summed E-state index contributed by atoms with van der Waals surface area (Å²) < 4.78 is 32.8. The molecule has 1 aliphatic carbocycles. The molecular weight excluding hydrogens is 232 g/mol. The van der Waals surface area contributed by atoms with Crippen molar-refractivity contribution in [1.29, 1.82) is 0 Å². The van der Waals surface area contributed by atoms with Crippen LogP contribution in [0, 0.1) is 0 Å². The van der Waals surface area contributed by atoms with E-state index in [1.54, 1.807) is 6.92 Å². The zero-order valence-corrected chi connectivity index (χ0v) is 10.2. The molecule has 94 valence electrons. The second-order valence-electron chi connectivity index (χ2n) is 4.74. The van der Waals surface area contributed by atoms with Crippen LogP contribution in [0.1, 0.15) is 19.8 Å². The van der Waals surface area contributed by atoms with Crippen LogP contribution >= 0.6 is 0 Å². The molecule has 7 heteroatoms. The zero-order chi connectivity index (χ0) is 11.8. The standard InChI is InChI=1S/C9H18N2O4S/c1-9(12)6-8(7-9)10-16(13,14)11-2-4-15-5-3-11/h8,10,12H,2-7H2,1H3. The van der Waals surface area contributed by atoms with Crippen LogP contribution in [-0.4, -0.2) is 55.8 Å². The quantitative estimate of drug-likeness (QED) is 0.678. The summed E-state index contributed by atoms with van der Waals surface area (Å²) in [5.41, 5.74) is -0.710. The van der Waals surface area contributed by atoms with Gasteiger partial charge in [-0.05, 0) is 19.8 Å². The van der Waals surface area contributed by atoms with Gasteiger partial charge in [-0.15, -0.1) is 0 Å². The lowest BCUT2D eigenvalue weighted by Crippen LogP contribution is -2.57. The second-order valence-corrected chi connectivity index (χ2v) is 6.44. The molecule has 0 atom stereocenters. The van der Waals surface area contributed by atoms with Crippen molar-refractivity contribution in [3.63, 3.8) is 0 Å². The largest absolute Gasteiger partial charge is 0.390 e. The Labute approximate surface area is 95.8 Å². The first kappa shape index (κ1) is 12.3. The Kier molecular flexibility index (Phi) is 3.24. The van der Waals surface area contributed by atoms with Gasteiger partial charge < -0.3 is 9.84 Å². The van der Waals surface area contributed by atoms with Crippen molar-refractivity contribution < 1.29 is 18.3 Å². The van der Waals surface area contributed by atoms with Gasteiger partial charge in [0, 0.05) is 19.1 Å². The first-order valence-corrected chi connectivity index (χ1v) is 6.91. The molecule has 0 aromatic heterocycles. The number of nitrogens with one attached hydrogen (secondary N) is 1. The molecule has 2 fully saturated rings. The third kappa shape index (κ3) is 2.72. The van der Waals surface area contributed by atoms with Crippen LogP contribution in [0.4, 0.5) is 0 Å². The van der Waals surface area contributed by atoms with E-state index in [2.05, 4.69) is 4.72 Å². The molecule has 16 heavy (non-hydrogen) atoms. The second kappa shape index (κ2) is 4.23. The van der Waals surface area contributed by atoms with Crippen LogP contribution in [-0.2, 0) is 14.9 Å². The molecule has 0 aromatic carbocycles. The summed E-state index contributed by atoms with van der Waals surface area (Å²) in [5, 5.41) is 9.52. The molecule has 2 aliphatic rings. The number of rotatable bonds is 3. The Morgan fingerprint density at radius 3 is 2.44 bits per heavy atom. The lowest BCUT2D eigenvalue weighted by molar-refractivity contribution is -0.0335. The van der Waals surface area contributed by atoms with Gasteiger partial charge in [-0.25, -0.2) is 0 Å². The summed E-state index contributed by atoms with van der Waals surface area (Å²) in [4.78, 5) is 0. The van der Waals surface area contributed by atoms with E-state index in [-0.39, 0.29) is 6.04 Å². The number of morpholine rings is 1. The van der Waals surface area contributed by atoms with Crippen molar-refractivity contribution >= 4 is 10.2 Å². The Morgan fingerprint density at radius 1 is 1.38 bits per heavy atom. The molecule has 1 aliphatic heterocycles. The van der Waals surface area contributed by atoms with E-state index in [0.29, 0.717) is 39.1 Å². The lowest BCUT2D eigenvalue weighted by atomic mass is 9.78. The Bertz CT molecular complexity index is 341. The SMILES string of the molecule is CC1(O)CC(NS(=O)(=O)N2CCOCC2)C1. The summed E-state index contributed by atoms with van der Waals surface area (Å²) in [6.07, 6.45) is 0.965. The number of aliphatic hydroxyl groups is 1. The fourth-order valence-corrected chi connectivity index (χ4v) is 3.52. The molecule has 0 aromatic rings. The highest BCUT2D eigenvalue weighted by Crippen LogP contribution is 2.31. The number of hydrogen-bond donors (Lipinski definition) is 2. The maximum absolute atomic E-state index is 11.9. The van der Waals surface area contributed by atoms with Crippen LogP contribution < -0.4 is 4.72 Å². The molecule has 6 nitrogen and oxygen atoms in total. The normalized spacial score (nSPS) is 37.0. The van der Waals surface area contributed by atoms with E-state index >= 15 is 0 Å². The summed E-state index contributed by atoms with van der Waals surface area (Å²) in [5.74, 6) is 0. The van der Waals surface area contributed by atoms with Gasteiger partial charge >= 0.3 is 0 Å². The Morgan fingerprint density at radius 2 is 1.94 bits per heavy atom. The molecule has 2 rings (SSSR count). The third-order valence-electron chi connectivity index (χ3n) is 3.00. The van der Waals surface area contributed by atoms with Gasteiger partial charge in [0.2, 0.25) is 0 Å². The van der Waals surface area contributed by atoms with Gasteiger partial charge in [-0.2, -0.15) is 17.4 Å². The van der Waals surface area contributed by atoms with Crippen molar-refractivity contribution in [2.24, 2.45) is 0 Å². The zero-order valence-electron chi connectivity index (χ0n) is 9.35. The van der Waals surface area contributed by atoms with E-state index in [0.717, 1.165) is 0 Å². The molecule has 1 heterocycles. The summed E-state index contributed by atoms with van der Waals surface area (Å²) in [6, 6.07) is -0.136. The molecule has 0 radical (unpaired) electrons. The van der Waals surface area contributed by atoms with Crippen LogP contribution in [0.15, 0.2) is 0 Å². The minimum atomic E-state index is -3.40. The minimum Gasteiger partial charge on any atom is -0.390 e. The molecule has 1 saturated carbocycles. The summed E-state index contributed by atoms with van der Waals surface area (Å²) >= 11 is 0. The highest BCUT2D eigenvalue weighted by atomic mass is 32.2. The average Bonchev–Trinajstić information content (AvgIpc) is 2.16. The smallest absolute Gasteiger partial charge is 0.279 e. The fourth-order valence-electron chi connectivity index (χ4n) is 2.16. The Balaban J connectivity index is 1.88. The van der Waals surface area contributed by atoms with Gasteiger partial charge in [0.25, 0.3) is 10.2 Å². The molecular formula is C9H18N2O4S. The topological polar surface area (TPSA) is 78.9 Å². The van der Waals surface area contributed by atoms with Gasteiger partial charge in [0.15, 0.2) is 0 Å². The van der Waals surface area contributed by atoms with E-state index in [9.17, 15) is 13.5 Å². The predicted molar refractivity (Wildman–Crippen MR) is 58.1 cm³/mol. The monoisotopic (exact) mass is 250 g/mol. The van der Waals surface area contributed by atoms with Crippen LogP contribution in [0.2, 0.25) is 0 Å². The molecule has 0 unspecified atom stereocenters. The van der Waals surface area contributed by atoms with Gasteiger partial charge in [-0.3, -0.25) is 0 Å². The van der Waals surface area contributed by atoms with Crippen molar-refractivity contribution in [2.75, 3.05) is 26.3 Å². The highest BCUT2D eigenvalue weighted by Gasteiger charge is 2.41. The first-order chi connectivity index (χ1) is 7.39. The molecule has 0 amide bonds. The number of hydrogen-bond acceptors (Lipinski definition) is 4. The molecule has 0 bridgehead atoms. The van der Waals surface area contributed by atoms with E-state index in [1.807, 2.05) is 0 Å². The fraction of sp³-hybridized carbons (Fsp3) is 1.00. The predicted octanol–water partition coefficient (Wildman–Crippen LogP) is -0.934. The molecule has 1 saturated heterocycles. The van der Waals surface area contributed by atoms with Crippen LogP contribution in [0.3, 0.4) is 0 Å². The number of nitrogens with zero attached hydrogens (tertiary/aromatic N) is 1.